The SMILES string of the molecule is O=C(NCCc1cccc(Cl)c1)NCc1ccccc1CN1CCOCC1. The zero-order valence-electron chi connectivity index (χ0n) is 15.4. The van der Waals surface area contributed by atoms with Gasteiger partial charge in [-0.3, -0.25) is 4.90 Å². The van der Waals surface area contributed by atoms with E-state index in [4.69, 9.17) is 16.3 Å². The second-order valence-electron chi connectivity index (χ2n) is 6.65. The molecule has 0 bridgehead atoms. The molecule has 27 heavy (non-hydrogen) atoms. The Bertz CT molecular complexity index is 748. The number of morpholine rings is 1. The first-order valence-corrected chi connectivity index (χ1v) is 9.71. The van der Waals surface area contributed by atoms with E-state index in [0.717, 1.165) is 50.4 Å². The predicted octanol–water partition coefficient (Wildman–Crippen LogP) is 3.21. The van der Waals surface area contributed by atoms with Crippen LogP contribution in [0.15, 0.2) is 48.5 Å². The summed E-state index contributed by atoms with van der Waals surface area (Å²) >= 11 is 5.98. The van der Waals surface area contributed by atoms with Crippen molar-refractivity contribution < 1.29 is 9.53 Å². The normalized spacial score (nSPS) is 14.7. The fourth-order valence-corrected chi connectivity index (χ4v) is 3.35. The van der Waals surface area contributed by atoms with Crippen LogP contribution in [0.25, 0.3) is 0 Å². The number of rotatable bonds is 7. The molecule has 0 unspecified atom stereocenters. The van der Waals surface area contributed by atoms with Gasteiger partial charge in [0.1, 0.15) is 0 Å². The Morgan fingerprint density at radius 1 is 1.04 bits per heavy atom. The van der Waals surface area contributed by atoms with Crippen molar-refractivity contribution >= 4 is 17.6 Å². The van der Waals surface area contributed by atoms with Gasteiger partial charge in [-0.05, 0) is 35.2 Å². The first-order chi connectivity index (χ1) is 13.2. The fraction of sp³-hybridized carbons (Fsp3) is 0.381. The summed E-state index contributed by atoms with van der Waals surface area (Å²) in [6.45, 7) is 5.45. The van der Waals surface area contributed by atoms with Gasteiger partial charge in [0.15, 0.2) is 0 Å². The molecule has 3 rings (SSSR count). The van der Waals surface area contributed by atoms with Crippen molar-refractivity contribution in [2.45, 2.75) is 19.5 Å². The molecule has 1 aliphatic heterocycles. The minimum Gasteiger partial charge on any atom is -0.379 e. The van der Waals surface area contributed by atoms with Crippen LogP contribution in [0.5, 0.6) is 0 Å². The second kappa shape index (κ2) is 10.3. The molecule has 1 aliphatic rings. The van der Waals surface area contributed by atoms with Crippen LogP contribution in [0.4, 0.5) is 4.79 Å². The molecule has 6 heteroatoms. The monoisotopic (exact) mass is 387 g/mol. The van der Waals surface area contributed by atoms with E-state index in [0.29, 0.717) is 18.1 Å². The first-order valence-electron chi connectivity index (χ1n) is 9.34. The topological polar surface area (TPSA) is 53.6 Å². The van der Waals surface area contributed by atoms with Crippen LogP contribution in [0.3, 0.4) is 0 Å². The highest BCUT2D eigenvalue weighted by Crippen LogP contribution is 2.13. The van der Waals surface area contributed by atoms with Crippen molar-refractivity contribution in [1.29, 1.82) is 0 Å². The van der Waals surface area contributed by atoms with Crippen molar-refractivity contribution in [3.05, 3.63) is 70.2 Å². The van der Waals surface area contributed by atoms with Gasteiger partial charge in [0.2, 0.25) is 0 Å². The summed E-state index contributed by atoms with van der Waals surface area (Å²) in [5.41, 5.74) is 3.51. The van der Waals surface area contributed by atoms with Gasteiger partial charge in [0.05, 0.1) is 13.2 Å². The molecule has 0 aromatic heterocycles. The van der Waals surface area contributed by atoms with E-state index in [1.165, 1.54) is 5.56 Å². The number of hydrogen-bond acceptors (Lipinski definition) is 3. The number of urea groups is 1. The predicted molar refractivity (Wildman–Crippen MR) is 108 cm³/mol. The molecular formula is C21H26ClN3O2. The van der Waals surface area contributed by atoms with Crippen molar-refractivity contribution in [3.8, 4) is 0 Å². The maximum Gasteiger partial charge on any atom is 0.315 e. The molecule has 1 heterocycles. The lowest BCUT2D eigenvalue weighted by Crippen LogP contribution is -2.37. The van der Waals surface area contributed by atoms with Gasteiger partial charge in [0, 0.05) is 37.7 Å². The first kappa shape index (κ1) is 19.7. The number of benzene rings is 2. The van der Waals surface area contributed by atoms with E-state index in [9.17, 15) is 4.79 Å². The van der Waals surface area contributed by atoms with Crippen LogP contribution < -0.4 is 10.6 Å². The molecule has 2 aromatic rings. The zero-order valence-corrected chi connectivity index (χ0v) is 16.2. The van der Waals surface area contributed by atoms with Crippen LogP contribution in [0.2, 0.25) is 5.02 Å². The van der Waals surface area contributed by atoms with Crippen molar-refractivity contribution in [2.75, 3.05) is 32.8 Å². The van der Waals surface area contributed by atoms with Gasteiger partial charge in [-0.25, -0.2) is 4.79 Å². The Balaban J connectivity index is 1.44. The molecule has 2 aromatic carbocycles. The molecule has 0 radical (unpaired) electrons. The Morgan fingerprint density at radius 3 is 2.59 bits per heavy atom. The summed E-state index contributed by atoms with van der Waals surface area (Å²) < 4.78 is 5.41. The highest BCUT2D eigenvalue weighted by molar-refractivity contribution is 6.30. The third-order valence-corrected chi connectivity index (χ3v) is 4.88. The summed E-state index contributed by atoms with van der Waals surface area (Å²) in [5, 5.41) is 6.57. The molecule has 0 spiro atoms. The smallest absolute Gasteiger partial charge is 0.315 e. The number of ether oxygens (including phenoxy) is 1. The summed E-state index contributed by atoms with van der Waals surface area (Å²) in [6.07, 6.45) is 0.752. The molecule has 2 amide bonds. The van der Waals surface area contributed by atoms with Gasteiger partial charge in [-0.15, -0.1) is 0 Å². The number of nitrogens with one attached hydrogen (secondary N) is 2. The number of nitrogens with zero attached hydrogens (tertiary/aromatic N) is 1. The van der Waals surface area contributed by atoms with E-state index in [1.807, 2.05) is 36.4 Å². The Morgan fingerprint density at radius 2 is 1.81 bits per heavy atom. The highest BCUT2D eigenvalue weighted by Gasteiger charge is 2.13. The lowest BCUT2D eigenvalue weighted by Gasteiger charge is -2.27. The molecule has 0 atom stereocenters. The van der Waals surface area contributed by atoms with E-state index in [2.05, 4.69) is 27.7 Å². The number of hydrogen-bond donors (Lipinski definition) is 2. The average Bonchev–Trinajstić information content (AvgIpc) is 2.68. The standard InChI is InChI=1S/C21H26ClN3O2/c22-20-7-3-4-17(14-20)8-9-23-21(26)24-15-18-5-1-2-6-19(18)16-25-10-12-27-13-11-25/h1-7,14H,8-13,15-16H2,(H2,23,24,26). The molecule has 2 N–H and O–H groups in total. The summed E-state index contributed by atoms with van der Waals surface area (Å²) in [5.74, 6) is 0. The molecule has 144 valence electrons. The van der Waals surface area contributed by atoms with Gasteiger partial charge in [-0.2, -0.15) is 0 Å². The van der Waals surface area contributed by atoms with Gasteiger partial charge < -0.3 is 15.4 Å². The van der Waals surface area contributed by atoms with Crippen molar-refractivity contribution in [2.24, 2.45) is 0 Å². The Kier molecular flexibility index (Phi) is 7.51. The lowest BCUT2D eigenvalue weighted by molar-refractivity contribution is 0.0341. The minimum atomic E-state index is -0.154. The van der Waals surface area contributed by atoms with Crippen LogP contribution in [-0.2, 0) is 24.2 Å². The Labute approximate surface area is 165 Å². The number of carbonyl (C=O) groups excluding carboxylic acids is 1. The summed E-state index contributed by atoms with van der Waals surface area (Å²) in [6, 6.07) is 15.8. The largest absolute Gasteiger partial charge is 0.379 e. The van der Waals surface area contributed by atoms with Crippen molar-refractivity contribution in [1.82, 2.24) is 15.5 Å². The molecule has 0 saturated carbocycles. The molecular weight excluding hydrogens is 362 g/mol. The summed E-state index contributed by atoms with van der Waals surface area (Å²) in [7, 11) is 0. The van der Waals surface area contributed by atoms with Gasteiger partial charge >= 0.3 is 6.03 Å². The van der Waals surface area contributed by atoms with Crippen LogP contribution >= 0.6 is 11.6 Å². The number of amides is 2. The van der Waals surface area contributed by atoms with Crippen molar-refractivity contribution in [3.63, 3.8) is 0 Å². The summed E-state index contributed by atoms with van der Waals surface area (Å²) in [4.78, 5) is 14.5. The molecule has 5 nitrogen and oxygen atoms in total. The van der Waals surface area contributed by atoms with Crippen LogP contribution in [0.1, 0.15) is 16.7 Å². The average molecular weight is 388 g/mol. The third-order valence-electron chi connectivity index (χ3n) is 4.64. The molecule has 0 aliphatic carbocycles. The Hall–Kier alpha value is -2.08. The van der Waals surface area contributed by atoms with Gasteiger partial charge in [-0.1, -0.05) is 48.0 Å². The van der Waals surface area contributed by atoms with E-state index >= 15 is 0 Å². The highest BCUT2D eigenvalue weighted by atomic mass is 35.5. The lowest BCUT2D eigenvalue weighted by atomic mass is 10.1. The van der Waals surface area contributed by atoms with Gasteiger partial charge in [0.25, 0.3) is 0 Å². The van der Waals surface area contributed by atoms with Crippen LogP contribution in [-0.4, -0.2) is 43.8 Å². The minimum absolute atomic E-state index is 0.154. The quantitative estimate of drug-likeness (QED) is 0.767. The maximum atomic E-state index is 12.1. The third kappa shape index (κ3) is 6.54. The zero-order chi connectivity index (χ0) is 18.9. The number of carbonyl (C=O) groups is 1. The maximum absolute atomic E-state index is 12.1. The fourth-order valence-electron chi connectivity index (χ4n) is 3.14. The van der Waals surface area contributed by atoms with E-state index in [1.54, 1.807) is 0 Å². The molecule has 1 saturated heterocycles. The molecule has 1 fully saturated rings. The number of halogens is 1. The second-order valence-corrected chi connectivity index (χ2v) is 7.08. The van der Waals surface area contributed by atoms with E-state index < -0.39 is 0 Å². The van der Waals surface area contributed by atoms with E-state index in [-0.39, 0.29) is 6.03 Å². The van der Waals surface area contributed by atoms with Crippen LogP contribution in [0, 0.1) is 0 Å².